The smallest absolute Gasteiger partial charge is 0.226 e. The lowest BCUT2D eigenvalue weighted by Gasteiger charge is -2.16. The fourth-order valence-corrected chi connectivity index (χ4v) is 1.07. The molecule has 0 aliphatic carbocycles. The van der Waals surface area contributed by atoms with Crippen LogP contribution in [0.25, 0.3) is 0 Å². The van der Waals surface area contributed by atoms with Crippen molar-refractivity contribution in [3.63, 3.8) is 0 Å². The van der Waals surface area contributed by atoms with E-state index in [0.717, 1.165) is 6.42 Å². The average molecular weight is 213 g/mol. The summed E-state index contributed by atoms with van der Waals surface area (Å²) in [6.07, 6.45) is 1.53. The maximum absolute atomic E-state index is 5.86. The van der Waals surface area contributed by atoms with E-state index in [1.54, 1.807) is 0 Å². The topological polar surface area (TPSA) is 74.2 Å². The van der Waals surface area contributed by atoms with Gasteiger partial charge < -0.3 is 15.0 Å². The van der Waals surface area contributed by atoms with Crippen molar-refractivity contribution < 1.29 is 9.26 Å². The number of hydrogen-bond acceptors (Lipinski definition) is 5. The van der Waals surface area contributed by atoms with Crippen LogP contribution in [0.2, 0.25) is 0 Å². The zero-order valence-electron chi connectivity index (χ0n) is 9.62. The van der Waals surface area contributed by atoms with Crippen molar-refractivity contribution in [3.8, 4) is 0 Å². The molecular formula is C10H19N3O2. The Labute approximate surface area is 90.0 Å². The van der Waals surface area contributed by atoms with Gasteiger partial charge in [0.05, 0.1) is 0 Å². The molecule has 0 aliphatic rings. The second-order valence-electron chi connectivity index (χ2n) is 4.23. The predicted molar refractivity (Wildman–Crippen MR) is 56.2 cm³/mol. The summed E-state index contributed by atoms with van der Waals surface area (Å²) in [7, 11) is 0. The molecule has 0 aromatic carbocycles. The lowest BCUT2D eigenvalue weighted by molar-refractivity contribution is 0.126. The fraction of sp³-hybridized carbons (Fsp3) is 0.800. The van der Waals surface area contributed by atoms with Crippen LogP contribution < -0.4 is 5.73 Å². The Morgan fingerprint density at radius 3 is 2.80 bits per heavy atom. The standard InChI is InChI=1S/C10H19N3O2/c1-4-14-7-8-12-9(15-13-8)5-6-10(2,3)11/h4-7,11H2,1-3H3. The summed E-state index contributed by atoms with van der Waals surface area (Å²) in [6, 6.07) is 0. The summed E-state index contributed by atoms with van der Waals surface area (Å²) in [6.45, 7) is 6.94. The molecule has 0 aliphatic heterocycles. The fourth-order valence-electron chi connectivity index (χ4n) is 1.07. The molecule has 0 unspecified atom stereocenters. The summed E-state index contributed by atoms with van der Waals surface area (Å²) in [5.41, 5.74) is 5.66. The van der Waals surface area contributed by atoms with Crippen LogP contribution in [0.15, 0.2) is 4.52 Å². The largest absolute Gasteiger partial charge is 0.374 e. The highest BCUT2D eigenvalue weighted by Crippen LogP contribution is 2.09. The van der Waals surface area contributed by atoms with Gasteiger partial charge in [-0.1, -0.05) is 5.16 Å². The Kier molecular flexibility index (Phi) is 4.23. The normalized spacial score (nSPS) is 12.0. The molecule has 0 fully saturated rings. The van der Waals surface area contributed by atoms with Crippen LogP contribution in [-0.2, 0) is 17.8 Å². The molecule has 86 valence electrons. The number of rotatable bonds is 6. The third-order valence-corrected chi connectivity index (χ3v) is 1.93. The van der Waals surface area contributed by atoms with Gasteiger partial charge in [0.2, 0.25) is 5.89 Å². The number of hydrogen-bond donors (Lipinski definition) is 1. The number of ether oxygens (including phenoxy) is 1. The number of aryl methyl sites for hydroxylation is 1. The molecule has 0 amide bonds. The van der Waals surface area contributed by atoms with Gasteiger partial charge in [0, 0.05) is 18.6 Å². The van der Waals surface area contributed by atoms with Gasteiger partial charge >= 0.3 is 0 Å². The molecule has 1 aromatic heterocycles. The van der Waals surface area contributed by atoms with Crippen molar-refractivity contribution in [2.24, 2.45) is 5.73 Å². The van der Waals surface area contributed by atoms with Crippen LogP contribution >= 0.6 is 0 Å². The Morgan fingerprint density at radius 1 is 1.47 bits per heavy atom. The molecule has 0 saturated carbocycles. The predicted octanol–water partition coefficient (Wildman–Crippen LogP) is 1.28. The monoisotopic (exact) mass is 213 g/mol. The van der Waals surface area contributed by atoms with Crippen molar-refractivity contribution in [2.45, 2.75) is 45.8 Å². The van der Waals surface area contributed by atoms with Crippen LogP contribution in [0.4, 0.5) is 0 Å². The lowest BCUT2D eigenvalue weighted by atomic mass is 10.0. The maximum atomic E-state index is 5.86. The first kappa shape index (κ1) is 12.1. The van der Waals surface area contributed by atoms with E-state index in [1.807, 2.05) is 20.8 Å². The van der Waals surface area contributed by atoms with Gasteiger partial charge in [-0.3, -0.25) is 0 Å². The van der Waals surface area contributed by atoms with Gasteiger partial charge in [-0.2, -0.15) is 4.98 Å². The van der Waals surface area contributed by atoms with Crippen LogP contribution in [0, 0.1) is 0 Å². The minimum Gasteiger partial charge on any atom is -0.374 e. The first-order valence-electron chi connectivity index (χ1n) is 5.19. The first-order chi connectivity index (χ1) is 7.01. The molecule has 0 bridgehead atoms. The van der Waals surface area contributed by atoms with Crippen LogP contribution in [0.1, 0.15) is 38.9 Å². The van der Waals surface area contributed by atoms with Crippen LogP contribution in [-0.4, -0.2) is 22.3 Å². The van der Waals surface area contributed by atoms with E-state index in [2.05, 4.69) is 10.1 Å². The molecule has 2 N–H and O–H groups in total. The Bertz CT molecular complexity index is 291. The zero-order valence-corrected chi connectivity index (χ0v) is 9.62. The minimum absolute atomic E-state index is 0.200. The van der Waals surface area contributed by atoms with Crippen molar-refractivity contribution >= 4 is 0 Å². The van der Waals surface area contributed by atoms with Gasteiger partial charge in [0.25, 0.3) is 0 Å². The molecular weight excluding hydrogens is 194 g/mol. The van der Waals surface area contributed by atoms with Crippen LogP contribution in [0.3, 0.4) is 0 Å². The first-order valence-corrected chi connectivity index (χ1v) is 5.19. The van der Waals surface area contributed by atoms with Crippen molar-refractivity contribution in [3.05, 3.63) is 11.7 Å². The van der Waals surface area contributed by atoms with E-state index in [-0.39, 0.29) is 5.54 Å². The third kappa shape index (κ3) is 4.90. The van der Waals surface area contributed by atoms with Crippen LogP contribution in [0.5, 0.6) is 0 Å². The molecule has 5 heteroatoms. The second kappa shape index (κ2) is 5.23. The van der Waals surface area contributed by atoms with Crippen molar-refractivity contribution in [1.82, 2.24) is 10.1 Å². The summed E-state index contributed by atoms with van der Waals surface area (Å²) < 4.78 is 10.2. The zero-order chi connectivity index (χ0) is 11.3. The van der Waals surface area contributed by atoms with Crippen molar-refractivity contribution in [2.75, 3.05) is 6.61 Å². The number of aromatic nitrogens is 2. The molecule has 1 rings (SSSR count). The minimum atomic E-state index is -0.200. The molecule has 0 radical (unpaired) electrons. The molecule has 0 saturated heterocycles. The Morgan fingerprint density at radius 2 is 2.20 bits per heavy atom. The van der Waals surface area contributed by atoms with E-state index < -0.39 is 0 Å². The van der Waals surface area contributed by atoms with E-state index in [1.165, 1.54) is 0 Å². The Hall–Kier alpha value is -0.940. The molecule has 1 heterocycles. The number of nitrogens with zero attached hydrogens (tertiary/aromatic N) is 2. The second-order valence-corrected chi connectivity index (χ2v) is 4.23. The van der Waals surface area contributed by atoms with E-state index in [0.29, 0.717) is 31.3 Å². The van der Waals surface area contributed by atoms with E-state index in [9.17, 15) is 0 Å². The molecule has 0 atom stereocenters. The van der Waals surface area contributed by atoms with Gasteiger partial charge in [0.1, 0.15) is 6.61 Å². The highest BCUT2D eigenvalue weighted by molar-refractivity contribution is 4.87. The molecule has 5 nitrogen and oxygen atoms in total. The number of nitrogens with two attached hydrogens (primary N) is 1. The Balaban J connectivity index is 2.39. The highest BCUT2D eigenvalue weighted by Gasteiger charge is 2.13. The molecule has 0 spiro atoms. The van der Waals surface area contributed by atoms with E-state index >= 15 is 0 Å². The van der Waals surface area contributed by atoms with Gasteiger partial charge in [-0.25, -0.2) is 0 Å². The van der Waals surface area contributed by atoms with Gasteiger partial charge in [0.15, 0.2) is 5.82 Å². The average Bonchev–Trinajstić information content (AvgIpc) is 2.58. The lowest BCUT2D eigenvalue weighted by Crippen LogP contribution is -2.32. The third-order valence-electron chi connectivity index (χ3n) is 1.93. The summed E-state index contributed by atoms with van der Waals surface area (Å²) >= 11 is 0. The van der Waals surface area contributed by atoms with Gasteiger partial charge in [-0.05, 0) is 27.2 Å². The highest BCUT2D eigenvalue weighted by atomic mass is 16.5. The quantitative estimate of drug-likeness (QED) is 0.770. The summed E-state index contributed by atoms with van der Waals surface area (Å²) in [5, 5.41) is 3.80. The van der Waals surface area contributed by atoms with E-state index in [4.69, 9.17) is 15.0 Å². The molecule has 1 aromatic rings. The summed E-state index contributed by atoms with van der Waals surface area (Å²) in [5.74, 6) is 1.23. The summed E-state index contributed by atoms with van der Waals surface area (Å²) in [4.78, 5) is 4.19. The molecule has 15 heavy (non-hydrogen) atoms. The van der Waals surface area contributed by atoms with Gasteiger partial charge in [-0.15, -0.1) is 0 Å². The maximum Gasteiger partial charge on any atom is 0.226 e. The van der Waals surface area contributed by atoms with Crippen molar-refractivity contribution in [1.29, 1.82) is 0 Å². The SMILES string of the molecule is CCOCc1noc(CCC(C)(C)N)n1.